The third kappa shape index (κ3) is 7.29. The highest BCUT2D eigenvalue weighted by molar-refractivity contribution is 8.26. The Hall–Kier alpha value is -4.56. The minimum absolute atomic E-state index is 0.0670. The topological polar surface area (TPSA) is 154 Å². The van der Waals surface area contributed by atoms with Gasteiger partial charge in [0.15, 0.2) is 11.4 Å². The van der Waals surface area contributed by atoms with Crippen molar-refractivity contribution in [3.63, 3.8) is 0 Å². The van der Waals surface area contributed by atoms with Crippen LogP contribution in [-0.2, 0) is 24.8 Å². The van der Waals surface area contributed by atoms with Gasteiger partial charge in [-0.05, 0) is 42.9 Å². The normalized spacial score (nSPS) is 17.8. The van der Waals surface area contributed by atoms with Crippen molar-refractivity contribution in [2.75, 3.05) is 20.6 Å². The zero-order valence-electron chi connectivity index (χ0n) is 26.0. The number of benzene rings is 2. The first-order chi connectivity index (χ1) is 21.8. The van der Waals surface area contributed by atoms with Crippen LogP contribution in [-0.4, -0.2) is 73.9 Å². The van der Waals surface area contributed by atoms with Gasteiger partial charge < -0.3 is 24.2 Å². The number of pyridine rings is 1. The zero-order valence-corrected chi connectivity index (χ0v) is 26.8. The molecule has 0 spiro atoms. The smallest absolute Gasteiger partial charge is 0.410 e. The van der Waals surface area contributed by atoms with Gasteiger partial charge in [-0.15, -0.1) is 0 Å². The standard InChI is InChI=1S/C32H36F2N6O5S/c1-19-16-32(37-2,12-13-40(19)31(44)45-18-20-8-6-5-7-9-20)39(4)30(43)26-28(42)27(41)23(17-38(26)3)29(36)46-25(35)14-21-10-11-22(33)15-24(21)34/h5-11,15,17,19,35-37,42H,12-14,16,18H2,1-4H3/p+1/t19-,32?/m0/s1. The third-order valence-electron chi connectivity index (χ3n) is 8.20. The van der Waals surface area contributed by atoms with Gasteiger partial charge >= 0.3 is 6.09 Å². The van der Waals surface area contributed by atoms with Gasteiger partial charge in [0.25, 0.3) is 5.91 Å². The first kappa shape index (κ1) is 34.3. The Morgan fingerprint density at radius 3 is 2.57 bits per heavy atom. The number of thioether (sulfide) groups is 1. The van der Waals surface area contributed by atoms with Crippen LogP contribution >= 0.6 is 11.8 Å². The Bertz CT molecular complexity index is 1720. The number of ether oxygens (including phenoxy) is 1. The number of aromatic hydroxyl groups is 1. The van der Waals surface area contributed by atoms with Gasteiger partial charge in [0.1, 0.15) is 23.3 Å². The van der Waals surface area contributed by atoms with Crippen molar-refractivity contribution >= 4 is 33.8 Å². The Kier molecular flexibility index (Phi) is 10.6. The highest BCUT2D eigenvalue weighted by Crippen LogP contribution is 2.32. The molecule has 46 heavy (non-hydrogen) atoms. The molecule has 5 N–H and O–H groups in total. The summed E-state index contributed by atoms with van der Waals surface area (Å²) in [4.78, 5) is 42.9. The minimum Gasteiger partial charge on any atom is -0.503 e. The number of aromatic nitrogens is 1. The second-order valence-corrected chi connectivity index (χ2v) is 12.3. The summed E-state index contributed by atoms with van der Waals surface area (Å²) >= 11 is 0.688. The molecule has 1 aliphatic heterocycles. The van der Waals surface area contributed by atoms with Gasteiger partial charge in [0.05, 0.1) is 17.6 Å². The minimum atomic E-state index is -0.948. The fourth-order valence-electron chi connectivity index (χ4n) is 5.56. The van der Waals surface area contributed by atoms with E-state index in [9.17, 15) is 28.3 Å². The molecule has 14 heteroatoms. The second kappa shape index (κ2) is 14.3. The van der Waals surface area contributed by atoms with E-state index in [1.807, 2.05) is 37.3 Å². The number of aryl methyl sites for hydroxylation is 1. The maximum Gasteiger partial charge on any atom is 0.410 e. The Morgan fingerprint density at radius 2 is 1.93 bits per heavy atom. The van der Waals surface area contributed by atoms with Crippen LogP contribution in [0.15, 0.2) is 59.5 Å². The summed E-state index contributed by atoms with van der Waals surface area (Å²) in [7, 11) is 4.71. The number of hydrogen-bond donors (Lipinski definition) is 4. The van der Waals surface area contributed by atoms with E-state index in [-0.39, 0.29) is 52.5 Å². The molecule has 2 atom stereocenters. The lowest BCUT2D eigenvalue weighted by Gasteiger charge is -2.49. The largest absolute Gasteiger partial charge is 0.503 e. The molecule has 0 aliphatic carbocycles. The fourth-order valence-corrected chi connectivity index (χ4v) is 6.31. The van der Waals surface area contributed by atoms with E-state index in [4.69, 9.17) is 15.6 Å². The molecule has 1 unspecified atom stereocenters. The number of rotatable bonds is 8. The lowest BCUT2D eigenvalue weighted by molar-refractivity contribution is -0.110. The number of nitrogens with one attached hydrogen (secondary N) is 2. The molecule has 244 valence electrons. The maximum atomic E-state index is 14.1. The number of carbonyl (C=O) groups is 2. The number of piperidine rings is 1. The first-order valence-electron chi connectivity index (χ1n) is 14.5. The zero-order chi connectivity index (χ0) is 33.8. The number of nitrogens with zero attached hydrogens (tertiary/aromatic N) is 3. The average molecular weight is 656 g/mol. The van der Waals surface area contributed by atoms with E-state index in [2.05, 4.69) is 5.32 Å². The van der Waals surface area contributed by atoms with E-state index in [1.165, 1.54) is 28.8 Å². The van der Waals surface area contributed by atoms with Crippen LogP contribution in [0.2, 0.25) is 0 Å². The molecule has 2 heterocycles. The molecule has 0 bridgehead atoms. The van der Waals surface area contributed by atoms with E-state index < -0.39 is 40.5 Å². The van der Waals surface area contributed by atoms with Crippen LogP contribution in [0.25, 0.3) is 0 Å². The third-order valence-corrected chi connectivity index (χ3v) is 9.03. The van der Waals surface area contributed by atoms with Crippen LogP contribution in [0.1, 0.15) is 46.9 Å². The molecule has 2 aromatic carbocycles. The highest BCUT2D eigenvalue weighted by Gasteiger charge is 2.45. The van der Waals surface area contributed by atoms with Gasteiger partial charge in [-0.2, -0.15) is 0 Å². The van der Waals surface area contributed by atoms with Crippen molar-refractivity contribution in [1.29, 1.82) is 5.41 Å². The summed E-state index contributed by atoms with van der Waals surface area (Å²) in [5.41, 5.74) is -1.40. The molecular weight excluding hydrogens is 618 g/mol. The number of carbonyl (C=O) groups excluding carboxylic acids is 2. The van der Waals surface area contributed by atoms with Crippen molar-refractivity contribution in [2.45, 2.75) is 44.5 Å². The molecule has 1 fully saturated rings. The van der Waals surface area contributed by atoms with Crippen molar-refractivity contribution in [1.82, 2.24) is 19.7 Å². The lowest BCUT2D eigenvalue weighted by atomic mass is 9.90. The van der Waals surface area contributed by atoms with Gasteiger partial charge in [-0.1, -0.05) is 36.4 Å². The summed E-state index contributed by atoms with van der Waals surface area (Å²) in [5, 5.41) is 28.3. The van der Waals surface area contributed by atoms with Crippen molar-refractivity contribution in [3.05, 3.63) is 99.0 Å². The molecule has 1 aliphatic rings. The summed E-state index contributed by atoms with van der Waals surface area (Å²) in [5.74, 6) is -3.02. The quantitative estimate of drug-likeness (QED) is 0.165. The predicted molar refractivity (Wildman–Crippen MR) is 171 cm³/mol. The number of halogens is 2. The summed E-state index contributed by atoms with van der Waals surface area (Å²) in [6, 6.07) is 12.1. The van der Waals surface area contributed by atoms with Crippen LogP contribution in [0, 0.1) is 17.0 Å². The van der Waals surface area contributed by atoms with E-state index in [0.717, 1.165) is 17.7 Å². The van der Waals surface area contributed by atoms with Crippen LogP contribution in [0.4, 0.5) is 13.6 Å². The van der Waals surface area contributed by atoms with Crippen molar-refractivity contribution in [2.24, 2.45) is 7.05 Å². The highest BCUT2D eigenvalue weighted by atomic mass is 32.2. The molecule has 1 saturated heterocycles. The molecule has 11 nitrogen and oxygen atoms in total. The average Bonchev–Trinajstić information content (AvgIpc) is 3.02. The summed E-state index contributed by atoms with van der Waals surface area (Å²) in [6.07, 6.45) is 1.34. The Labute approximate surface area is 269 Å². The fraction of sp³-hybridized carbons (Fsp3) is 0.344. The van der Waals surface area contributed by atoms with Crippen molar-refractivity contribution < 1.29 is 33.6 Å². The van der Waals surface area contributed by atoms with Crippen LogP contribution in [0.3, 0.4) is 0 Å². The van der Waals surface area contributed by atoms with Gasteiger partial charge in [0.2, 0.25) is 10.5 Å². The molecule has 0 radical (unpaired) electrons. The molecular formula is C32H37F2N6O5S+. The second-order valence-electron chi connectivity index (χ2n) is 11.2. The summed E-state index contributed by atoms with van der Waals surface area (Å²) < 4.78 is 34.1. The van der Waals surface area contributed by atoms with Gasteiger partial charge in [-0.3, -0.25) is 25.7 Å². The molecule has 0 saturated carbocycles. The predicted octanol–water partition coefficient (Wildman–Crippen LogP) is 2.64. The van der Waals surface area contributed by atoms with Gasteiger partial charge in [-0.25, -0.2) is 13.6 Å². The van der Waals surface area contributed by atoms with E-state index >= 15 is 0 Å². The van der Waals surface area contributed by atoms with Crippen LogP contribution in [0.5, 0.6) is 5.75 Å². The van der Waals surface area contributed by atoms with Gasteiger partial charge in [0, 0.05) is 51.8 Å². The number of amides is 2. The SMILES string of the molecule is CNC1(N(C)C(=O)c2c(O)c(=O)c(C(=N)SC(=[NH2+])Cc3ccc(F)cc3F)cn2C)CCN(C(=O)OCc2ccccc2)[C@@H](C)C1. The first-order valence-corrected chi connectivity index (χ1v) is 15.3. The van der Waals surface area contributed by atoms with E-state index in [0.29, 0.717) is 24.6 Å². The summed E-state index contributed by atoms with van der Waals surface area (Å²) in [6.45, 7) is 2.27. The monoisotopic (exact) mass is 655 g/mol. The molecule has 4 rings (SSSR count). The van der Waals surface area contributed by atoms with Crippen molar-refractivity contribution in [3.8, 4) is 5.75 Å². The van der Waals surface area contributed by atoms with Crippen LogP contribution < -0.4 is 16.2 Å². The lowest BCUT2D eigenvalue weighted by Crippen LogP contribution is -2.65. The molecule has 2 amide bonds. The maximum absolute atomic E-state index is 14.1. The molecule has 1 aromatic heterocycles. The number of hydrogen-bond acceptors (Lipinski definition) is 8. The Balaban J connectivity index is 1.46. The number of likely N-dealkylation sites (tertiary alicyclic amines) is 1. The number of nitrogens with two attached hydrogens (primary N) is 1. The molecule has 3 aromatic rings. The Morgan fingerprint density at radius 1 is 1.24 bits per heavy atom. The van der Waals surface area contributed by atoms with E-state index in [1.54, 1.807) is 19.0 Å².